The number of thiophene rings is 1. The zero-order valence-electron chi connectivity index (χ0n) is 9.72. The van der Waals surface area contributed by atoms with Gasteiger partial charge in [-0.05, 0) is 29.1 Å². The van der Waals surface area contributed by atoms with Crippen molar-refractivity contribution in [3.8, 4) is 11.5 Å². The first-order valence-corrected chi connectivity index (χ1v) is 6.41. The van der Waals surface area contributed by atoms with Crippen molar-refractivity contribution in [1.29, 1.82) is 0 Å². The van der Waals surface area contributed by atoms with E-state index in [1.807, 2.05) is 12.1 Å². The molecule has 0 atom stereocenters. The van der Waals surface area contributed by atoms with E-state index >= 15 is 0 Å². The molecule has 2 aromatic rings. The summed E-state index contributed by atoms with van der Waals surface area (Å²) in [5.41, 5.74) is 1.21. The Hall–Kier alpha value is -1.23. The van der Waals surface area contributed by atoms with Crippen LogP contribution in [-0.4, -0.2) is 6.79 Å². The Kier molecular flexibility index (Phi) is 4.47. The third kappa shape index (κ3) is 2.96. The molecule has 0 spiro atoms. The van der Waals surface area contributed by atoms with E-state index in [-0.39, 0.29) is 12.4 Å². The van der Waals surface area contributed by atoms with Crippen molar-refractivity contribution in [2.45, 2.75) is 13.1 Å². The summed E-state index contributed by atoms with van der Waals surface area (Å²) in [6.07, 6.45) is 0. The van der Waals surface area contributed by atoms with E-state index in [0.29, 0.717) is 6.79 Å². The van der Waals surface area contributed by atoms with Gasteiger partial charge in [0.05, 0.1) is 0 Å². The third-order valence-electron chi connectivity index (χ3n) is 2.65. The Bertz CT molecular complexity index is 502. The summed E-state index contributed by atoms with van der Waals surface area (Å²) in [6.45, 7) is 2.09. The van der Waals surface area contributed by atoms with E-state index in [1.54, 1.807) is 11.3 Å². The second-order valence-electron chi connectivity index (χ2n) is 3.87. The molecule has 18 heavy (non-hydrogen) atoms. The second kappa shape index (κ2) is 6.09. The quantitative estimate of drug-likeness (QED) is 0.935. The Labute approximate surface area is 116 Å². The van der Waals surface area contributed by atoms with E-state index in [4.69, 9.17) is 9.47 Å². The molecule has 1 N–H and O–H groups in total. The highest BCUT2D eigenvalue weighted by Crippen LogP contribution is 2.32. The van der Waals surface area contributed by atoms with Crippen LogP contribution in [0.25, 0.3) is 0 Å². The molecule has 0 amide bonds. The van der Waals surface area contributed by atoms with Gasteiger partial charge in [0.2, 0.25) is 6.79 Å². The molecule has 3 rings (SSSR count). The van der Waals surface area contributed by atoms with Gasteiger partial charge in [-0.2, -0.15) is 0 Å². The highest BCUT2D eigenvalue weighted by atomic mass is 35.5. The predicted octanol–water partition coefficient (Wildman–Crippen LogP) is 3.19. The summed E-state index contributed by atoms with van der Waals surface area (Å²) >= 11 is 1.77. The van der Waals surface area contributed by atoms with Crippen LogP contribution in [0, 0.1) is 0 Å². The molecule has 0 saturated carbocycles. The lowest BCUT2D eigenvalue weighted by molar-refractivity contribution is 0.174. The number of benzene rings is 1. The van der Waals surface area contributed by atoms with Crippen molar-refractivity contribution in [3.63, 3.8) is 0 Å². The van der Waals surface area contributed by atoms with Crippen molar-refractivity contribution >= 4 is 23.7 Å². The molecule has 1 aliphatic heterocycles. The molecule has 0 radical (unpaired) electrons. The highest BCUT2D eigenvalue weighted by molar-refractivity contribution is 7.09. The first-order valence-electron chi connectivity index (χ1n) is 5.53. The molecule has 0 unspecified atom stereocenters. The number of halogens is 1. The first-order chi connectivity index (χ1) is 8.42. The maximum Gasteiger partial charge on any atom is 0.231 e. The fourth-order valence-corrected chi connectivity index (χ4v) is 2.47. The number of nitrogens with one attached hydrogen (secondary N) is 1. The summed E-state index contributed by atoms with van der Waals surface area (Å²) in [5, 5.41) is 5.50. The topological polar surface area (TPSA) is 30.5 Å². The summed E-state index contributed by atoms with van der Waals surface area (Å²) < 4.78 is 10.6. The maximum atomic E-state index is 5.34. The Morgan fingerprint density at radius 3 is 2.83 bits per heavy atom. The minimum absolute atomic E-state index is 0. The molecule has 3 nitrogen and oxygen atoms in total. The van der Waals surface area contributed by atoms with Crippen LogP contribution in [0.2, 0.25) is 0 Å². The van der Waals surface area contributed by atoms with Crippen LogP contribution in [0.4, 0.5) is 0 Å². The van der Waals surface area contributed by atoms with Gasteiger partial charge >= 0.3 is 0 Å². The van der Waals surface area contributed by atoms with Crippen molar-refractivity contribution in [2.24, 2.45) is 0 Å². The molecule has 0 saturated heterocycles. The minimum Gasteiger partial charge on any atom is -0.454 e. The van der Waals surface area contributed by atoms with E-state index in [1.165, 1.54) is 10.4 Å². The first kappa shape index (κ1) is 13.2. The fourth-order valence-electron chi connectivity index (χ4n) is 1.79. The van der Waals surface area contributed by atoms with Crippen LogP contribution in [0.1, 0.15) is 10.4 Å². The van der Waals surface area contributed by atoms with Gasteiger partial charge in [-0.15, -0.1) is 23.7 Å². The number of hydrogen-bond donors (Lipinski definition) is 1. The van der Waals surface area contributed by atoms with Crippen molar-refractivity contribution in [2.75, 3.05) is 6.79 Å². The summed E-state index contributed by atoms with van der Waals surface area (Å²) in [7, 11) is 0. The lowest BCUT2D eigenvalue weighted by Gasteiger charge is -2.04. The van der Waals surface area contributed by atoms with Crippen LogP contribution >= 0.6 is 23.7 Å². The van der Waals surface area contributed by atoms with E-state index in [0.717, 1.165) is 24.6 Å². The van der Waals surface area contributed by atoms with Crippen LogP contribution in [0.3, 0.4) is 0 Å². The molecule has 0 fully saturated rings. The summed E-state index contributed by atoms with van der Waals surface area (Å²) in [6, 6.07) is 10.3. The largest absolute Gasteiger partial charge is 0.454 e. The zero-order valence-corrected chi connectivity index (χ0v) is 11.4. The zero-order chi connectivity index (χ0) is 11.5. The van der Waals surface area contributed by atoms with Gasteiger partial charge in [-0.3, -0.25) is 0 Å². The normalized spacial score (nSPS) is 12.2. The van der Waals surface area contributed by atoms with Crippen LogP contribution in [0.15, 0.2) is 35.7 Å². The molecule has 0 aliphatic carbocycles. The fraction of sp³-hybridized carbons (Fsp3) is 0.231. The van der Waals surface area contributed by atoms with Gasteiger partial charge in [-0.1, -0.05) is 12.1 Å². The van der Waals surface area contributed by atoms with Gasteiger partial charge in [0, 0.05) is 18.0 Å². The predicted molar refractivity (Wildman–Crippen MR) is 74.7 cm³/mol. The number of rotatable bonds is 4. The number of hydrogen-bond acceptors (Lipinski definition) is 4. The highest BCUT2D eigenvalue weighted by Gasteiger charge is 2.12. The SMILES string of the molecule is Cl.c1csc(CNCc2ccc3c(c2)OCO3)c1. The average molecular weight is 284 g/mol. The van der Waals surface area contributed by atoms with Crippen LogP contribution < -0.4 is 14.8 Å². The molecule has 2 heterocycles. The van der Waals surface area contributed by atoms with E-state index < -0.39 is 0 Å². The van der Waals surface area contributed by atoms with Crippen molar-refractivity contribution < 1.29 is 9.47 Å². The Morgan fingerprint density at radius 2 is 2.00 bits per heavy atom. The second-order valence-corrected chi connectivity index (χ2v) is 4.90. The average Bonchev–Trinajstić information content (AvgIpc) is 2.98. The van der Waals surface area contributed by atoms with Gasteiger partial charge in [0.15, 0.2) is 11.5 Å². The molecular formula is C13H14ClNO2S. The molecule has 1 aliphatic rings. The van der Waals surface area contributed by atoms with Gasteiger partial charge < -0.3 is 14.8 Å². The van der Waals surface area contributed by atoms with Crippen molar-refractivity contribution in [1.82, 2.24) is 5.32 Å². The number of ether oxygens (including phenoxy) is 2. The van der Waals surface area contributed by atoms with Crippen LogP contribution in [0.5, 0.6) is 11.5 Å². The number of fused-ring (bicyclic) bond motifs is 1. The minimum atomic E-state index is 0. The molecule has 96 valence electrons. The summed E-state index contributed by atoms with van der Waals surface area (Å²) in [4.78, 5) is 1.35. The summed E-state index contributed by atoms with van der Waals surface area (Å²) in [5.74, 6) is 1.69. The van der Waals surface area contributed by atoms with E-state index in [9.17, 15) is 0 Å². The molecule has 0 bridgehead atoms. The van der Waals surface area contributed by atoms with Crippen molar-refractivity contribution in [3.05, 3.63) is 46.2 Å². The van der Waals surface area contributed by atoms with Gasteiger partial charge in [0.25, 0.3) is 0 Å². The molecule has 1 aromatic heterocycles. The van der Waals surface area contributed by atoms with Gasteiger partial charge in [-0.25, -0.2) is 0 Å². The standard InChI is InChI=1S/C13H13NO2S.ClH/c1-2-11(17-5-1)8-14-7-10-3-4-12-13(6-10)16-9-15-12;/h1-6,14H,7-9H2;1H. The maximum absolute atomic E-state index is 5.34. The Balaban J connectivity index is 0.00000120. The van der Waals surface area contributed by atoms with Gasteiger partial charge in [0.1, 0.15) is 0 Å². The molecule has 1 aromatic carbocycles. The third-order valence-corrected chi connectivity index (χ3v) is 3.52. The lowest BCUT2D eigenvalue weighted by atomic mass is 10.2. The molecular weight excluding hydrogens is 270 g/mol. The Morgan fingerprint density at radius 1 is 1.11 bits per heavy atom. The van der Waals surface area contributed by atoms with Crippen LogP contribution in [-0.2, 0) is 13.1 Å². The lowest BCUT2D eigenvalue weighted by Crippen LogP contribution is -2.11. The monoisotopic (exact) mass is 283 g/mol. The smallest absolute Gasteiger partial charge is 0.231 e. The molecule has 5 heteroatoms. The van der Waals surface area contributed by atoms with E-state index in [2.05, 4.69) is 28.9 Å².